The fourth-order valence-electron chi connectivity index (χ4n) is 2.33. The molecule has 1 amide bonds. The predicted molar refractivity (Wildman–Crippen MR) is 69.6 cm³/mol. The van der Waals surface area contributed by atoms with Crippen LogP contribution in [0.15, 0.2) is 24.3 Å². The molecule has 2 rings (SSSR count). The van der Waals surface area contributed by atoms with E-state index in [1.807, 2.05) is 24.3 Å². The number of ether oxygens (including phenoxy) is 1. The normalized spacial score (nSPS) is 19.6. The van der Waals surface area contributed by atoms with E-state index in [-0.39, 0.29) is 18.4 Å². The van der Waals surface area contributed by atoms with Crippen molar-refractivity contribution in [2.75, 3.05) is 31.8 Å². The first-order valence-corrected chi connectivity index (χ1v) is 6.24. The van der Waals surface area contributed by atoms with Crippen molar-refractivity contribution in [3.05, 3.63) is 29.8 Å². The number of hydrogen-bond acceptors (Lipinski definition) is 3. The van der Waals surface area contributed by atoms with Crippen LogP contribution in [0.5, 0.6) is 0 Å². The van der Waals surface area contributed by atoms with Gasteiger partial charge in [0.05, 0.1) is 6.61 Å². The number of amides is 1. The molecule has 1 aromatic rings. The van der Waals surface area contributed by atoms with Crippen LogP contribution in [0.2, 0.25) is 0 Å². The minimum absolute atomic E-state index is 0.0629. The Morgan fingerprint density at radius 1 is 1.44 bits per heavy atom. The third-order valence-corrected chi connectivity index (χ3v) is 3.32. The molecule has 1 aliphatic rings. The third-order valence-electron chi connectivity index (χ3n) is 3.32. The fourth-order valence-corrected chi connectivity index (χ4v) is 2.33. The summed E-state index contributed by atoms with van der Waals surface area (Å²) in [6.07, 6.45) is 1.23. The van der Waals surface area contributed by atoms with Crippen LogP contribution in [0, 0.1) is 5.92 Å². The van der Waals surface area contributed by atoms with E-state index in [9.17, 15) is 4.79 Å². The molecule has 0 aliphatic carbocycles. The molecule has 4 heteroatoms. The molecular formula is C14H19NO3. The maximum atomic E-state index is 12.0. The first-order valence-electron chi connectivity index (χ1n) is 6.24. The lowest BCUT2D eigenvalue weighted by Crippen LogP contribution is -2.26. The maximum Gasteiger partial charge on any atom is 0.227 e. The number of carbonyl (C=O) groups is 1. The van der Waals surface area contributed by atoms with Gasteiger partial charge in [0.15, 0.2) is 0 Å². The van der Waals surface area contributed by atoms with Crippen molar-refractivity contribution in [1.82, 2.24) is 0 Å². The van der Waals surface area contributed by atoms with Crippen LogP contribution in [0.1, 0.15) is 12.0 Å². The average Bonchev–Trinajstić information content (AvgIpc) is 2.78. The predicted octanol–water partition coefficient (Wildman–Crippen LogP) is 1.22. The Labute approximate surface area is 107 Å². The van der Waals surface area contributed by atoms with Gasteiger partial charge < -0.3 is 14.7 Å². The van der Waals surface area contributed by atoms with Gasteiger partial charge in [0.2, 0.25) is 5.91 Å². The van der Waals surface area contributed by atoms with Gasteiger partial charge in [0.1, 0.15) is 0 Å². The SMILES string of the molecule is COCCc1ccccc1N1CC(CO)CC1=O. The van der Waals surface area contributed by atoms with Gasteiger partial charge in [-0.25, -0.2) is 0 Å². The van der Waals surface area contributed by atoms with Crippen molar-refractivity contribution in [2.45, 2.75) is 12.8 Å². The Hall–Kier alpha value is -1.39. The van der Waals surface area contributed by atoms with E-state index in [2.05, 4.69) is 0 Å². The monoisotopic (exact) mass is 249 g/mol. The molecule has 1 fully saturated rings. The van der Waals surface area contributed by atoms with Gasteiger partial charge in [0.25, 0.3) is 0 Å². The lowest BCUT2D eigenvalue weighted by molar-refractivity contribution is -0.117. The van der Waals surface area contributed by atoms with Crippen molar-refractivity contribution in [3.63, 3.8) is 0 Å². The molecule has 1 saturated heterocycles. The topological polar surface area (TPSA) is 49.8 Å². The molecule has 1 unspecified atom stereocenters. The number of para-hydroxylation sites is 1. The highest BCUT2D eigenvalue weighted by Gasteiger charge is 2.30. The molecule has 0 spiro atoms. The number of methoxy groups -OCH3 is 1. The molecule has 1 heterocycles. The zero-order chi connectivity index (χ0) is 13.0. The molecule has 1 atom stereocenters. The number of aliphatic hydroxyl groups excluding tert-OH is 1. The Morgan fingerprint density at radius 3 is 2.89 bits per heavy atom. The van der Waals surface area contributed by atoms with Gasteiger partial charge in [-0.05, 0) is 18.1 Å². The molecule has 1 aliphatic heterocycles. The van der Waals surface area contributed by atoms with Crippen molar-refractivity contribution < 1.29 is 14.6 Å². The fraction of sp³-hybridized carbons (Fsp3) is 0.500. The van der Waals surface area contributed by atoms with E-state index in [0.29, 0.717) is 19.6 Å². The largest absolute Gasteiger partial charge is 0.396 e. The first kappa shape index (κ1) is 13.1. The Balaban J connectivity index is 2.19. The molecule has 1 aromatic carbocycles. The minimum Gasteiger partial charge on any atom is -0.396 e. The van der Waals surface area contributed by atoms with Crippen molar-refractivity contribution in [1.29, 1.82) is 0 Å². The summed E-state index contributed by atoms with van der Waals surface area (Å²) in [7, 11) is 1.67. The highest BCUT2D eigenvalue weighted by atomic mass is 16.5. The standard InChI is InChI=1S/C14H19NO3/c1-18-7-6-12-4-2-3-5-13(12)15-9-11(10-16)8-14(15)17/h2-5,11,16H,6-10H2,1H3. The van der Waals surface area contributed by atoms with Gasteiger partial charge in [-0.2, -0.15) is 0 Å². The lowest BCUT2D eigenvalue weighted by Gasteiger charge is -2.20. The third kappa shape index (κ3) is 2.71. The number of carbonyl (C=O) groups excluding carboxylic acids is 1. The number of aliphatic hydroxyl groups is 1. The summed E-state index contributed by atoms with van der Waals surface area (Å²) in [6, 6.07) is 7.89. The Bertz CT molecular complexity index is 419. The van der Waals surface area contributed by atoms with Crippen LogP contribution < -0.4 is 4.90 Å². The second-order valence-corrected chi connectivity index (χ2v) is 4.63. The van der Waals surface area contributed by atoms with Gasteiger partial charge in [0, 0.05) is 38.3 Å². The van der Waals surface area contributed by atoms with E-state index in [1.165, 1.54) is 0 Å². The molecular weight excluding hydrogens is 230 g/mol. The first-order chi connectivity index (χ1) is 8.76. The second kappa shape index (κ2) is 5.98. The molecule has 0 saturated carbocycles. The van der Waals surface area contributed by atoms with E-state index >= 15 is 0 Å². The highest BCUT2D eigenvalue weighted by Crippen LogP contribution is 2.28. The molecule has 98 valence electrons. The zero-order valence-corrected chi connectivity index (χ0v) is 10.6. The second-order valence-electron chi connectivity index (χ2n) is 4.63. The van der Waals surface area contributed by atoms with E-state index in [0.717, 1.165) is 17.7 Å². The van der Waals surface area contributed by atoms with Crippen molar-refractivity contribution in [2.24, 2.45) is 5.92 Å². The van der Waals surface area contributed by atoms with Crippen LogP contribution in [0.4, 0.5) is 5.69 Å². The van der Waals surface area contributed by atoms with Crippen LogP contribution >= 0.6 is 0 Å². The van der Waals surface area contributed by atoms with Gasteiger partial charge in [-0.15, -0.1) is 0 Å². The number of hydrogen-bond donors (Lipinski definition) is 1. The molecule has 0 radical (unpaired) electrons. The summed E-state index contributed by atoms with van der Waals surface area (Å²) in [6.45, 7) is 1.32. The summed E-state index contributed by atoms with van der Waals surface area (Å²) in [5.41, 5.74) is 2.07. The minimum atomic E-state index is 0.0629. The highest BCUT2D eigenvalue weighted by molar-refractivity contribution is 5.96. The van der Waals surface area contributed by atoms with Crippen LogP contribution in [-0.2, 0) is 16.0 Å². The number of rotatable bonds is 5. The smallest absolute Gasteiger partial charge is 0.227 e. The summed E-state index contributed by atoms with van der Waals surface area (Å²) < 4.78 is 5.09. The van der Waals surface area contributed by atoms with Gasteiger partial charge in [-0.3, -0.25) is 4.79 Å². The van der Waals surface area contributed by atoms with Crippen molar-refractivity contribution in [3.8, 4) is 0 Å². The summed E-state index contributed by atoms with van der Waals surface area (Å²) in [5, 5.41) is 9.16. The van der Waals surface area contributed by atoms with Crippen molar-refractivity contribution >= 4 is 11.6 Å². The number of benzene rings is 1. The van der Waals surface area contributed by atoms with E-state index < -0.39 is 0 Å². The molecule has 1 N–H and O–H groups in total. The summed E-state index contributed by atoms with van der Waals surface area (Å²) >= 11 is 0. The van der Waals surface area contributed by atoms with E-state index in [4.69, 9.17) is 9.84 Å². The van der Waals surface area contributed by atoms with Crippen LogP contribution in [0.25, 0.3) is 0 Å². The van der Waals surface area contributed by atoms with Gasteiger partial charge in [-0.1, -0.05) is 18.2 Å². The molecule has 0 aromatic heterocycles. The Morgan fingerprint density at radius 2 is 2.22 bits per heavy atom. The lowest BCUT2D eigenvalue weighted by atomic mass is 10.1. The number of anilines is 1. The maximum absolute atomic E-state index is 12.0. The molecule has 4 nitrogen and oxygen atoms in total. The van der Waals surface area contributed by atoms with Crippen LogP contribution in [-0.4, -0.2) is 37.9 Å². The van der Waals surface area contributed by atoms with Gasteiger partial charge >= 0.3 is 0 Å². The number of nitrogens with zero attached hydrogens (tertiary/aromatic N) is 1. The van der Waals surface area contributed by atoms with E-state index in [1.54, 1.807) is 12.0 Å². The molecule has 0 bridgehead atoms. The average molecular weight is 249 g/mol. The quantitative estimate of drug-likeness (QED) is 0.853. The Kier molecular flexibility index (Phi) is 4.33. The summed E-state index contributed by atoms with van der Waals surface area (Å²) in [4.78, 5) is 13.7. The summed E-state index contributed by atoms with van der Waals surface area (Å²) in [5.74, 6) is 0.159. The zero-order valence-electron chi connectivity index (χ0n) is 10.6. The van der Waals surface area contributed by atoms with Crippen LogP contribution in [0.3, 0.4) is 0 Å². The molecule has 18 heavy (non-hydrogen) atoms.